The van der Waals surface area contributed by atoms with Gasteiger partial charge in [-0.05, 0) is 48.0 Å². The molecule has 8 heteroatoms. The van der Waals surface area contributed by atoms with E-state index in [-0.39, 0.29) is 23.3 Å². The number of benzene rings is 2. The van der Waals surface area contributed by atoms with Gasteiger partial charge in [0.25, 0.3) is 5.91 Å². The SMILES string of the molecule is COc1ccc([C@@H]2c3c(oc4ccc(Cl)cc4c3=O)C(=O)N2Cc2ccco2)cc1OC. The van der Waals surface area contributed by atoms with Crippen LogP contribution >= 0.6 is 11.6 Å². The van der Waals surface area contributed by atoms with Crippen LogP contribution in [-0.2, 0) is 6.54 Å². The zero-order chi connectivity index (χ0) is 22.4. The molecule has 7 nitrogen and oxygen atoms in total. The minimum atomic E-state index is -0.706. The van der Waals surface area contributed by atoms with Crippen molar-refractivity contribution in [3.05, 3.63) is 92.7 Å². The molecule has 0 N–H and O–H groups in total. The third-order valence-corrected chi connectivity index (χ3v) is 5.79. The number of carbonyl (C=O) groups is 1. The number of amides is 1. The third-order valence-electron chi connectivity index (χ3n) is 5.56. The fourth-order valence-corrected chi connectivity index (χ4v) is 4.27. The predicted molar refractivity (Wildman–Crippen MR) is 117 cm³/mol. The number of nitrogens with zero attached hydrogens (tertiary/aromatic N) is 1. The van der Waals surface area contributed by atoms with Gasteiger partial charge >= 0.3 is 0 Å². The number of rotatable bonds is 5. The van der Waals surface area contributed by atoms with Crippen LogP contribution in [0, 0.1) is 0 Å². The zero-order valence-corrected chi connectivity index (χ0v) is 18.0. The highest BCUT2D eigenvalue weighted by Gasteiger charge is 2.43. The quantitative estimate of drug-likeness (QED) is 0.433. The molecule has 0 spiro atoms. The van der Waals surface area contributed by atoms with Crippen molar-refractivity contribution in [3.8, 4) is 11.5 Å². The van der Waals surface area contributed by atoms with E-state index in [1.54, 1.807) is 60.5 Å². The lowest BCUT2D eigenvalue weighted by Crippen LogP contribution is -2.29. The van der Waals surface area contributed by atoms with Crippen molar-refractivity contribution in [2.24, 2.45) is 0 Å². The summed E-state index contributed by atoms with van der Waals surface area (Å²) in [5, 5.41) is 0.721. The Hall–Kier alpha value is -3.71. The lowest BCUT2D eigenvalue weighted by atomic mass is 9.98. The molecule has 1 aliphatic rings. The van der Waals surface area contributed by atoms with E-state index in [4.69, 9.17) is 29.9 Å². The molecule has 32 heavy (non-hydrogen) atoms. The summed E-state index contributed by atoms with van der Waals surface area (Å²) >= 11 is 6.12. The number of ether oxygens (including phenoxy) is 2. The summed E-state index contributed by atoms with van der Waals surface area (Å²) < 4.78 is 22.2. The maximum absolute atomic E-state index is 13.6. The zero-order valence-electron chi connectivity index (χ0n) is 17.3. The summed E-state index contributed by atoms with van der Waals surface area (Å²) in [6.07, 6.45) is 1.54. The first-order chi connectivity index (χ1) is 15.5. The van der Waals surface area contributed by atoms with Crippen LogP contribution in [0.3, 0.4) is 0 Å². The molecule has 4 aromatic rings. The molecule has 0 saturated heterocycles. The first kappa shape index (κ1) is 20.2. The molecule has 3 heterocycles. The van der Waals surface area contributed by atoms with Gasteiger partial charge in [0.05, 0.1) is 44.0 Å². The molecular weight excluding hydrogens is 434 g/mol. The Kier molecular flexibility index (Phi) is 4.90. The maximum atomic E-state index is 13.6. The predicted octanol–water partition coefficient (Wildman–Crippen LogP) is 4.80. The fraction of sp³-hybridized carbons (Fsp3) is 0.167. The summed E-state index contributed by atoms with van der Waals surface area (Å²) in [7, 11) is 3.07. The standard InChI is InChI=1S/C24H18ClNO6/c1-29-18-7-5-13(10-19(18)30-2)21-20-22(27)16-11-14(25)6-8-17(16)32-23(20)24(28)26(21)12-15-4-3-9-31-15/h3-11,21H,12H2,1-2H3/t21-/m1/s1. The second-order valence-electron chi connectivity index (χ2n) is 7.34. The van der Waals surface area contributed by atoms with Crippen molar-refractivity contribution in [1.82, 2.24) is 4.90 Å². The first-order valence-corrected chi connectivity index (χ1v) is 10.2. The van der Waals surface area contributed by atoms with Crippen LogP contribution in [0.5, 0.6) is 11.5 Å². The average molecular weight is 452 g/mol. The van der Waals surface area contributed by atoms with Gasteiger partial charge in [0.2, 0.25) is 5.76 Å². The van der Waals surface area contributed by atoms with Gasteiger partial charge in [-0.3, -0.25) is 9.59 Å². The number of hydrogen-bond donors (Lipinski definition) is 0. The van der Waals surface area contributed by atoms with E-state index < -0.39 is 11.9 Å². The van der Waals surface area contributed by atoms with E-state index in [9.17, 15) is 9.59 Å². The van der Waals surface area contributed by atoms with E-state index in [1.165, 1.54) is 13.4 Å². The lowest BCUT2D eigenvalue weighted by Gasteiger charge is -2.25. The van der Waals surface area contributed by atoms with Gasteiger partial charge in [0.15, 0.2) is 16.9 Å². The molecule has 2 aromatic carbocycles. The molecule has 0 bridgehead atoms. The Morgan fingerprint density at radius 2 is 1.84 bits per heavy atom. The van der Waals surface area contributed by atoms with Crippen LogP contribution in [0.1, 0.15) is 33.5 Å². The molecule has 1 atom stereocenters. The van der Waals surface area contributed by atoms with Crippen molar-refractivity contribution >= 4 is 28.5 Å². The minimum Gasteiger partial charge on any atom is -0.493 e. The molecule has 0 unspecified atom stereocenters. The number of hydrogen-bond acceptors (Lipinski definition) is 6. The summed E-state index contributed by atoms with van der Waals surface area (Å²) in [6, 6.07) is 12.9. The average Bonchev–Trinajstić information content (AvgIpc) is 3.41. The van der Waals surface area contributed by atoms with E-state index in [1.807, 2.05) is 0 Å². The van der Waals surface area contributed by atoms with Crippen molar-refractivity contribution in [2.45, 2.75) is 12.6 Å². The minimum absolute atomic E-state index is 0.0103. The van der Waals surface area contributed by atoms with E-state index in [2.05, 4.69) is 0 Å². The highest BCUT2D eigenvalue weighted by molar-refractivity contribution is 6.31. The van der Waals surface area contributed by atoms with Crippen molar-refractivity contribution in [3.63, 3.8) is 0 Å². The van der Waals surface area contributed by atoms with Gasteiger partial charge in [-0.25, -0.2) is 0 Å². The number of methoxy groups -OCH3 is 2. The number of fused-ring (bicyclic) bond motifs is 2. The Labute approximate surface area is 187 Å². The van der Waals surface area contributed by atoms with E-state index >= 15 is 0 Å². The number of furan rings is 1. The van der Waals surface area contributed by atoms with E-state index in [0.717, 1.165) is 0 Å². The molecule has 1 aliphatic heterocycles. The van der Waals surface area contributed by atoms with Crippen LogP contribution in [0.4, 0.5) is 0 Å². The van der Waals surface area contributed by atoms with Crippen LogP contribution < -0.4 is 14.9 Å². The molecule has 0 fully saturated rings. The number of halogens is 1. The molecular formula is C24H18ClNO6. The maximum Gasteiger partial charge on any atom is 0.291 e. The van der Waals surface area contributed by atoms with Crippen molar-refractivity contribution < 1.29 is 23.1 Å². The molecule has 0 aliphatic carbocycles. The van der Waals surface area contributed by atoms with Gasteiger partial charge in [-0.1, -0.05) is 17.7 Å². The van der Waals surface area contributed by atoms with Crippen LogP contribution in [0.15, 0.2) is 68.4 Å². The summed E-state index contributed by atoms with van der Waals surface area (Å²) in [5.74, 6) is 1.21. The number of carbonyl (C=O) groups excluding carboxylic acids is 1. The Morgan fingerprint density at radius 1 is 1.03 bits per heavy atom. The normalized spacial score (nSPS) is 15.3. The lowest BCUT2D eigenvalue weighted by molar-refractivity contribution is 0.0701. The molecule has 2 aromatic heterocycles. The second kappa shape index (κ2) is 7.76. The molecule has 1 amide bonds. The van der Waals surface area contributed by atoms with Crippen molar-refractivity contribution in [1.29, 1.82) is 0 Å². The third kappa shape index (κ3) is 3.13. The van der Waals surface area contributed by atoms with Crippen LogP contribution in [0.25, 0.3) is 11.0 Å². The second-order valence-corrected chi connectivity index (χ2v) is 7.78. The molecule has 0 radical (unpaired) electrons. The Bertz CT molecular complexity index is 1390. The molecule has 162 valence electrons. The summed E-state index contributed by atoms with van der Waals surface area (Å²) in [6.45, 7) is 0.158. The van der Waals surface area contributed by atoms with E-state index in [0.29, 0.717) is 38.8 Å². The Balaban J connectivity index is 1.75. The summed E-state index contributed by atoms with van der Waals surface area (Å²) in [4.78, 5) is 28.5. The van der Waals surface area contributed by atoms with Gasteiger partial charge in [0.1, 0.15) is 11.3 Å². The fourth-order valence-electron chi connectivity index (χ4n) is 4.10. The topological polar surface area (TPSA) is 82.1 Å². The van der Waals surface area contributed by atoms with Crippen molar-refractivity contribution in [2.75, 3.05) is 14.2 Å². The van der Waals surface area contributed by atoms with Gasteiger partial charge in [-0.2, -0.15) is 0 Å². The first-order valence-electron chi connectivity index (χ1n) is 9.83. The van der Waals surface area contributed by atoms with Gasteiger partial charge in [-0.15, -0.1) is 0 Å². The van der Waals surface area contributed by atoms with Crippen LogP contribution in [0.2, 0.25) is 5.02 Å². The monoisotopic (exact) mass is 451 g/mol. The molecule has 5 rings (SSSR count). The highest BCUT2D eigenvalue weighted by Crippen LogP contribution is 2.41. The molecule has 0 saturated carbocycles. The largest absolute Gasteiger partial charge is 0.493 e. The highest BCUT2D eigenvalue weighted by atomic mass is 35.5. The van der Waals surface area contributed by atoms with Crippen LogP contribution in [-0.4, -0.2) is 25.0 Å². The summed E-state index contributed by atoms with van der Waals surface area (Å²) in [5.41, 5.74) is 0.926. The Morgan fingerprint density at radius 3 is 2.56 bits per heavy atom. The smallest absolute Gasteiger partial charge is 0.291 e. The van der Waals surface area contributed by atoms with Gasteiger partial charge < -0.3 is 23.2 Å². The van der Waals surface area contributed by atoms with Gasteiger partial charge in [0, 0.05) is 5.02 Å².